The van der Waals surface area contributed by atoms with Gasteiger partial charge >= 0.3 is 0 Å². The van der Waals surface area contributed by atoms with Gasteiger partial charge in [-0.05, 0) is 37.5 Å². The number of morpholine rings is 1. The van der Waals surface area contributed by atoms with Crippen molar-refractivity contribution >= 4 is 0 Å². The Balaban J connectivity index is 1.51. The van der Waals surface area contributed by atoms with Crippen LogP contribution in [-0.4, -0.2) is 34.8 Å². The van der Waals surface area contributed by atoms with E-state index in [1.807, 2.05) is 6.92 Å². The molecule has 0 saturated carbocycles. The second kappa shape index (κ2) is 7.62. The predicted octanol–water partition coefficient (Wildman–Crippen LogP) is 4.24. The van der Waals surface area contributed by atoms with E-state index in [4.69, 9.17) is 9.26 Å². The zero-order valence-electron chi connectivity index (χ0n) is 16.1. The van der Waals surface area contributed by atoms with Crippen molar-refractivity contribution < 1.29 is 9.26 Å². The second-order valence-electron chi connectivity index (χ2n) is 7.31. The standard InChI is InChI=1S/C22H25N3O2/c1-15-10-16(2)12-20(11-15)19-6-4-18(5-7-19)13-25-8-9-26-14-21(25)22-23-17(3)24-27-22/h4-7,10-12,21H,8-9,13-14H2,1-3H3. The van der Waals surface area contributed by atoms with E-state index in [2.05, 4.69) is 71.4 Å². The quantitative estimate of drug-likeness (QED) is 0.694. The predicted molar refractivity (Wildman–Crippen MR) is 104 cm³/mol. The first-order valence-electron chi connectivity index (χ1n) is 9.38. The van der Waals surface area contributed by atoms with E-state index in [0.29, 0.717) is 18.3 Å². The van der Waals surface area contributed by atoms with Crippen molar-refractivity contribution in [1.29, 1.82) is 0 Å². The van der Waals surface area contributed by atoms with Gasteiger partial charge in [0, 0.05) is 13.1 Å². The monoisotopic (exact) mass is 363 g/mol. The molecule has 1 saturated heterocycles. The van der Waals surface area contributed by atoms with E-state index in [0.717, 1.165) is 19.7 Å². The van der Waals surface area contributed by atoms with Crippen LogP contribution in [0.5, 0.6) is 0 Å². The number of aromatic nitrogens is 2. The maximum atomic E-state index is 5.64. The zero-order chi connectivity index (χ0) is 18.8. The third-order valence-electron chi connectivity index (χ3n) is 4.96. The van der Waals surface area contributed by atoms with Crippen molar-refractivity contribution in [3.8, 4) is 11.1 Å². The fourth-order valence-electron chi connectivity index (χ4n) is 3.68. The number of hydrogen-bond donors (Lipinski definition) is 0. The lowest BCUT2D eigenvalue weighted by Gasteiger charge is -2.33. The van der Waals surface area contributed by atoms with Gasteiger partial charge in [-0.15, -0.1) is 0 Å². The average molecular weight is 363 g/mol. The summed E-state index contributed by atoms with van der Waals surface area (Å²) < 4.78 is 11.0. The molecule has 2 aromatic carbocycles. The van der Waals surface area contributed by atoms with E-state index < -0.39 is 0 Å². The molecule has 0 N–H and O–H groups in total. The molecule has 140 valence electrons. The molecule has 0 spiro atoms. The molecular weight excluding hydrogens is 338 g/mol. The van der Waals surface area contributed by atoms with Gasteiger partial charge in [0.15, 0.2) is 5.82 Å². The number of ether oxygens (including phenoxy) is 1. The molecular formula is C22H25N3O2. The molecule has 3 aromatic rings. The third-order valence-corrected chi connectivity index (χ3v) is 4.96. The van der Waals surface area contributed by atoms with Crippen LogP contribution in [0.4, 0.5) is 0 Å². The molecule has 1 unspecified atom stereocenters. The van der Waals surface area contributed by atoms with E-state index in [1.54, 1.807) is 0 Å². The minimum atomic E-state index is 0.0130. The molecule has 27 heavy (non-hydrogen) atoms. The molecule has 1 fully saturated rings. The first kappa shape index (κ1) is 17.9. The highest BCUT2D eigenvalue weighted by atomic mass is 16.5. The van der Waals surface area contributed by atoms with Crippen molar-refractivity contribution in [1.82, 2.24) is 15.0 Å². The van der Waals surface area contributed by atoms with Gasteiger partial charge in [-0.25, -0.2) is 0 Å². The molecule has 0 amide bonds. The van der Waals surface area contributed by atoms with E-state index in [-0.39, 0.29) is 6.04 Å². The van der Waals surface area contributed by atoms with Gasteiger partial charge in [0.1, 0.15) is 6.04 Å². The topological polar surface area (TPSA) is 51.4 Å². The maximum absolute atomic E-state index is 5.64. The van der Waals surface area contributed by atoms with Crippen LogP contribution < -0.4 is 0 Å². The molecule has 1 aromatic heterocycles. The fraction of sp³-hybridized carbons (Fsp3) is 0.364. The van der Waals surface area contributed by atoms with Crippen molar-refractivity contribution in [2.24, 2.45) is 0 Å². The maximum Gasteiger partial charge on any atom is 0.246 e. The van der Waals surface area contributed by atoms with Crippen molar-refractivity contribution in [2.45, 2.75) is 33.4 Å². The summed E-state index contributed by atoms with van der Waals surface area (Å²) in [7, 11) is 0. The van der Waals surface area contributed by atoms with Crippen LogP contribution in [0.2, 0.25) is 0 Å². The van der Waals surface area contributed by atoms with Gasteiger partial charge in [0.25, 0.3) is 0 Å². The smallest absolute Gasteiger partial charge is 0.246 e. The minimum absolute atomic E-state index is 0.0130. The molecule has 4 rings (SSSR count). The largest absolute Gasteiger partial charge is 0.378 e. The lowest BCUT2D eigenvalue weighted by Crippen LogP contribution is -2.39. The molecule has 0 radical (unpaired) electrons. The van der Waals surface area contributed by atoms with Gasteiger partial charge in [-0.1, -0.05) is 58.7 Å². The Bertz CT molecular complexity index is 897. The Morgan fingerprint density at radius 3 is 2.41 bits per heavy atom. The number of nitrogens with zero attached hydrogens (tertiary/aromatic N) is 3. The fourth-order valence-corrected chi connectivity index (χ4v) is 3.68. The first-order chi connectivity index (χ1) is 13.1. The second-order valence-corrected chi connectivity index (χ2v) is 7.31. The molecule has 0 bridgehead atoms. The van der Waals surface area contributed by atoms with Gasteiger partial charge in [-0.2, -0.15) is 4.98 Å². The van der Waals surface area contributed by atoms with E-state index in [9.17, 15) is 0 Å². The molecule has 2 heterocycles. The van der Waals surface area contributed by atoms with Crippen LogP contribution in [0.3, 0.4) is 0 Å². The summed E-state index contributed by atoms with van der Waals surface area (Å²) in [5.74, 6) is 1.30. The van der Waals surface area contributed by atoms with Gasteiger partial charge in [0.05, 0.1) is 13.2 Å². The minimum Gasteiger partial charge on any atom is -0.378 e. The Kier molecular flexibility index (Phi) is 5.05. The lowest BCUT2D eigenvalue weighted by molar-refractivity contribution is -0.0240. The Hall–Kier alpha value is -2.50. The van der Waals surface area contributed by atoms with Crippen LogP contribution in [0.15, 0.2) is 47.0 Å². The summed E-state index contributed by atoms with van der Waals surface area (Å²) in [6.07, 6.45) is 0. The van der Waals surface area contributed by atoms with Gasteiger partial charge < -0.3 is 9.26 Å². The van der Waals surface area contributed by atoms with E-state index in [1.165, 1.54) is 27.8 Å². The van der Waals surface area contributed by atoms with Crippen molar-refractivity contribution in [3.05, 3.63) is 70.9 Å². The molecule has 1 aliphatic rings. The van der Waals surface area contributed by atoms with Crippen LogP contribution in [0.1, 0.15) is 34.4 Å². The summed E-state index contributed by atoms with van der Waals surface area (Å²) in [6.45, 7) is 9.12. The number of hydrogen-bond acceptors (Lipinski definition) is 5. The number of aryl methyl sites for hydroxylation is 3. The summed E-state index contributed by atoms with van der Waals surface area (Å²) in [6, 6.07) is 15.5. The van der Waals surface area contributed by atoms with Crippen LogP contribution in [0, 0.1) is 20.8 Å². The highest BCUT2D eigenvalue weighted by Gasteiger charge is 2.29. The third kappa shape index (κ3) is 4.10. The highest BCUT2D eigenvalue weighted by molar-refractivity contribution is 5.65. The SMILES string of the molecule is Cc1cc(C)cc(-c2ccc(CN3CCOCC3c3nc(C)no3)cc2)c1. The number of rotatable bonds is 4. The van der Waals surface area contributed by atoms with Crippen LogP contribution in [0.25, 0.3) is 11.1 Å². The molecule has 1 atom stereocenters. The molecule has 0 aliphatic carbocycles. The van der Waals surface area contributed by atoms with Gasteiger partial charge in [0.2, 0.25) is 5.89 Å². The molecule has 5 nitrogen and oxygen atoms in total. The highest BCUT2D eigenvalue weighted by Crippen LogP contribution is 2.27. The summed E-state index contributed by atoms with van der Waals surface area (Å²) in [4.78, 5) is 6.75. The Morgan fingerprint density at radius 1 is 1.00 bits per heavy atom. The van der Waals surface area contributed by atoms with Gasteiger partial charge in [-0.3, -0.25) is 4.90 Å². The van der Waals surface area contributed by atoms with Crippen LogP contribution in [-0.2, 0) is 11.3 Å². The Labute approximate surface area is 160 Å². The normalized spacial score (nSPS) is 18.0. The lowest BCUT2D eigenvalue weighted by atomic mass is 9.99. The molecule has 1 aliphatic heterocycles. The zero-order valence-corrected chi connectivity index (χ0v) is 16.1. The average Bonchev–Trinajstić information content (AvgIpc) is 3.08. The van der Waals surface area contributed by atoms with Crippen molar-refractivity contribution in [3.63, 3.8) is 0 Å². The number of benzene rings is 2. The summed E-state index contributed by atoms with van der Waals surface area (Å²) in [5.41, 5.74) is 6.37. The molecule has 5 heteroatoms. The Morgan fingerprint density at radius 2 is 1.74 bits per heavy atom. The summed E-state index contributed by atoms with van der Waals surface area (Å²) in [5, 5.41) is 3.92. The first-order valence-corrected chi connectivity index (χ1v) is 9.38. The summed E-state index contributed by atoms with van der Waals surface area (Å²) >= 11 is 0. The van der Waals surface area contributed by atoms with E-state index >= 15 is 0 Å². The van der Waals surface area contributed by atoms with Crippen molar-refractivity contribution in [2.75, 3.05) is 19.8 Å². The van der Waals surface area contributed by atoms with Crippen LogP contribution >= 0.6 is 0 Å².